The standard InChI is InChI=1S/C13H10BrClN2O/c1-8-6-9(7-12(15)16-8)13(18)17-11-5-3-2-4-10(11)14/h2-7H,1H3,(H,17,18). The molecular formula is C13H10BrClN2O. The number of aryl methyl sites for hydroxylation is 1. The fraction of sp³-hybridized carbons (Fsp3) is 0.0769. The van der Waals surface area contributed by atoms with Crippen molar-refractivity contribution < 1.29 is 4.79 Å². The Morgan fingerprint density at radius 1 is 1.33 bits per heavy atom. The molecule has 18 heavy (non-hydrogen) atoms. The summed E-state index contributed by atoms with van der Waals surface area (Å²) in [6.07, 6.45) is 0. The lowest BCUT2D eigenvalue weighted by Crippen LogP contribution is -2.12. The molecule has 5 heteroatoms. The molecule has 1 heterocycles. The molecule has 1 aromatic carbocycles. The van der Waals surface area contributed by atoms with Gasteiger partial charge in [-0.3, -0.25) is 4.79 Å². The molecule has 0 radical (unpaired) electrons. The van der Waals surface area contributed by atoms with Crippen molar-refractivity contribution in [2.24, 2.45) is 0 Å². The predicted octanol–water partition coefficient (Wildman–Crippen LogP) is 4.06. The number of hydrogen-bond acceptors (Lipinski definition) is 2. The van der Waals surface area contributed by atoms with E-state index in [4.69, 9.17) is 11.6 Å². The van der Waals surface area contributed by atoms with Gasteiger partial charge in [0.2, 0.25) is 0 Å². The molecule has 0 bridgehead atoms. The van der Waals surface area contributed by atoms with Crippen LogP contribution in [0.25, 0.3) is 0 Å². The highest BCUT2D eigenvalue weighted by Gasteiger charge is 2.09. The first-order chi connectivity index (χ1) is 8.56. The van der Waals surface area contributed by atoms with Crippen molar-refractivity contribution in [1.29, 1.82) is 0 Å². The number of hydrogen-bond donors (Lipinski definition) is 1. The molecule has 0 saturated carbocycles. The minimum Gasteiger partial charge on any atom is -0.321 e. The molecule has 92 valence electrons. The van der Waals surface area contributed by atoms with E-state index >= 15 is 0 Å². The average Bonchev–Trinajstić information content (AvgIpc) is 2.31. The molecule has 0 aliphatic heterocycles. The lowest BCUT2D eigenvalue weighted by molar-refractivity contribution is 0.102. The second-order valence-corrected chi connectivity index (χ2v) is 5.00. The first kappa shape index (κ1) is 13.1. The summed E-state index contributed by atoms with van der Waals surface area (Å²) < 4.78 is 0.829. The fourth-order valence-corrected chi connectivity index (χ4v) is 2.15. The van der Waals surface area contributed by atoms with Gasteiger partial charge in [0.1, 0.15) is 5.15 Å². The normalized spacial score (nSPS) is 10.2. The van der Waals surface area contributed by atoms with Crippen LogP contribution >= 0.6 is 27.5 Å². The van der Waals surface area contributed by atoms with E-state index in [1.54, 1.807) is 19.1 Å². The first-order valence-corrected chi connectivity index (χ1v) is 6.43. The summed E-state index contributed by atoms with van der Waals surface area (Å²) >= 11 is 9.20. The van der Waals surface area contributed by atoms with Gasteiger partial charge in [0.25, 0.3) is 5.91 Å². The number of benzene rings is 1. The SMILES string of the molecule is Cc1cc(C(=O)Nc2ccccc2Br)cc(Cl)n1. The molecular weight excluding hydrogens is 316 g/mol. The van der Waals surface area contributed by atoms with Crippen LogP contribution in [0.3, 0.4) is 0 Å². The van der Waals surface area contributed by atoms with E-state index in [0.29, 0.717) is 22.1 Å². The summed E-state index contributed by atoms with van der Waals surface area (Å²) in [5.41, 5.74) is 1.91. The summed E-state index contributed by atoms with van der Waals surface area (Å²) in [6, 6.07) is 10.6. The van der Waals surface area contributed by atoms with Crippen LogP contribution in [0.2, 0.25) is 5.15 Å². The third-order valence-corrected chi connectivity index (χ3v) is 3.19. The lowest BCUT2D eigenvalue weighted by Gasteiger charge is -2.07. The number of amides is 1. The van der Waals surface area contributed by atoms with E-state index < -0.39 is 0 Å². The van der Waals surface area contributed by atoms with Crippen LogP contribution in [0.15, 0.2) is 40.9 Å². The zero-order valence-electron chi connectivity index (χ0n) is 9.58. The highest BCUT2D eigenvalue weighted by molar-refractivity contribution is 9.10. The molecule has 0 atom stereocenters. The molecule has 2 aromatic rings. The number of carbonyl (C=O) groups is 1. The van der Waals surface area contributed by atoms with Crippen LogP contribution in [0.1, 0.15) is 16.1 Å². The Morgan fingerprint density at radius 3 is 2.72 bits per heavy atom. The van der Waals surface area contributed by atoms with Crippen LogP contribution in [0.4, 0.5) is 5.69 Å². The Kier molecular flexibility index (Phi) is 3.99. The number of para-hydroxylation sites is 1. The van der Waals surface area contributed by atoms with Gasteiger partial charge in [0, 0.05) is 15.7 Å². The van der Waals surface area contributed by atoms with Gasteiger partial charge in [-0.2, -0.15) is 0 Å². The number of anilines is 1. The molecule has 0 spiro atoms. The van der Waals surface area contributed by atoms with Gasteiger partial charge >= 0.3 is 0 Å². The maximum Gasteiger partial charge on any atom is 0.255 e. The zero-order valence-corrected chi connectivity index (χ0v) is 11.9. The summed E-state index contributed by atoms with van der Waals surface area (Å²) in [7, 11) is 0. The Morgan fingerprint density at radius 2 is 2.06 bits per heavy atom. The Bertz CT molecular complexity index is 581. The predicted molar refractivity (Wildman–Crippen MR) is 76.1 cm³/mol. The second kappa shape index (κ2) is 5.50. The van der Waals surface area contributed by atoms with Crippen LogP contribution in [0.5, 0.6) is 0 Å². The largest absolute Gasteiger partial charge is 0.321 e. The highest BCUT2D eigenvalue weighted by atomic mass is 79.9. The number of nitrogens with zero attached hydrogens (tertiary/aromatic N) is 1. The van der Waals surface area contributed by atoms with Crippen molar-refractivity contribution >= 4 is 39.1 Å². The third-order valence-electron chi connectivity index (χ3n) is 2.31. The van der Waals surface area contributed by atoms with Crippen LogP contribution in [-0.4, -0.2) is 10.9 Å². The summed E-state index contributed by atoms with van der Waals surface area (Å²) in [6.45, 7) is 1.79. The molecule has 0 aliphatic carbocycles. The first-order valence-electron chi connectivity index (χ1n) is 5.26. The molecule has 0 fully saturated rings. The number of nitrogens with one attached hydrogen (secondary N) is 1. The molecule has 0 unspecified atom stereocenters. The zero-order chi connectivity index (χ0) is 13.1. The van der Waals surface area contributed by atoms with Gasteiger partial charge in [-0.15, -0.1) is 0 Å². The quantitative estimate of drug-likeness (QED) is 0.846. The molecule has 0 saturated heterocycles. The van der Waals surface area contributed by atoms with Crippen molar-refractivity contribution in [3.8, 4) is 0 Å². The number of pyridine rings is 1. The lowest BCUT2D eigenvalue weighted by atomic mass is 10.2. The van der Waals surface area contributed by atoms with Gasteiger partial charge in [-0.1, -0.05) is 23.7 Å². The average molecular weight is 326 g/mol. The molecule has 3 nitrogen and oxygen atoms in total. The molecule has 1 N–H and O–H groups in total. The van der Waals surface area contributed by atoms with Gasteiger partial charge in [-0.25, -0.2) is 4.98 Å². The molecule has 1 amide bonds. The number of carbonyl (C=O) groups excluding carboxylic acids is 1. The number of aromatic nitrogens is 1. The Hall–Kier alpha value is -1.39. The minimum absolute atomic E-state index is 0.214. The third kappa shape index (κ3) is 3.09. The van der Waals surface area contributed by atoms with E-state index in [1.165, 1.54) is 0 Å². The maximum atomic E-state index is 12.1. The van der Waals surface area contributed by atoms with Crippen molar-refractivity contribution in [1.82, 2.24) is 4.98 Å². The summed E-state index contributed by atoms with van der Waals surface area (Å²) in [4.78, 5) is 16.1. The van der Waals surface area contributed by atoms with Gasteiger partial charge in [-0.05, 0) is 47.1 Å². The van der Waals surface area contributed by atoms with Gasteiger partial charge in [0.05, 0.1) is 5.69 Å². The highest BCUT2D eigenvalue weighted by Crippen LogP contribution is 2.22. The molecule has 1 aromatic heterocycles. The number of halogens is 2. The topological polar surface area (TPSA) is 42.0 Å². The van der Waals surface area contributed by atoms with E-state index in [9.17, 15) is 4.79 Å². The van der Waals surface area contributed by atoms with Crippen LogP contribution in [-0.2, 0) is 0 Å². The monoisotopic (exact) mass is 324 g/mol. The molecule has 0 aliphatic rings. The van der Waals surface area contributed by atoms with Gasteiger partial charge in [0.15, 0.2) is 0 Å². The van der Waals surface area contributed by atoms with Crippen LogP contribution < -0.4 is 5.32 Å². The second-order valence-electron chi connectivity index (χ2n) is 3.75. The van der Waals surface area contributed by atoms with Crippen LogP contribution in [0, 0.1) is 6.92 Å². The van der Waals surface area contributed by atoms with Crippen molar-refractivity contribution in [2.45, 2.75) is 6.92 Å². The Labute approximate surface area is 118 Å². The van der Waals surface area contributed by atoms with E-state index in [2.05, 4.69) is 26.2 Å². The maximum absolute atomic E-state index is 12.1. The van der Waals surface area contributed by atoms with E-state index in [-0.39, 0.29) is 5.91 Å². The van der Waals surface area contributed by atoms with Crippen molar-refractivity contribution in [3.63, 3.8) is 0 Å². The summed E-state index contributed by atoms with van der Waals surface area (Å²) in [5, 5.41) is 3.12. The Balaban J connectivity index is 2.25. The van der Waals surface area contributed by atoms with Gasteiger partial charge < -0.3 is 5.32 Å². The number of rotatable bonds is 2. The fourth-order valence-electron chi connectivity index (χ4n) is 1.52. The smallest absolute Gasteiger partial charge is 0.255 e. The summed E-state index contributed by atoms with van der Waals surface area (Å²) in [5.74, 6) is -0.214. The van der Waals surface area contributed by atoms with Crippen molar-refractivity contribution in [2.75, 3.05) is 5.32 Å². The van der Waals surface area contributed by atoms with Crippen molar-refractivity contribution in [3.05, 3.63) is 57.3 Å². The van der Waals surface area contributed by atoms with E-state index in [1.807, 2.05) is 24.3 Å². The molecule has 2 rings (SSSR count). The minimum atomic E-state index is -0.214. The van der Waals surface area contributed by atoms with E-state index in [0.717, 1.165) is 4.47 Å².